The zero-order valence-corrected chi connectivity index (χ0v) is 15.0. The van der Waals surface area contributed by atoms with E-state index in [1.807, 2.05) is 6.07 Å². The zero-order valence-electron chi connectivity index (χ0n) is 12.2. The normalized spacial score (nSPS) is 9.09. The fourth-order valence-electron chi connectivity index (χ4n) is 1.18. The Morgan fingerprint density at radius 3 is 1.52 bits per heavy atom. The molecular formula is C17H32F3NOY. The summed E-state index contributed by atoms with van der Waals surface area (Å²) in [4.78, 5) is 10.0. The maximum absolute atomic E-state index is 11.4. The van der Waals surface area contributed by atoms with Crippen molar-refractivity contribution >= 4 is 5.91 Å². The van der Waals surface area contributed by atoms with Crippen LogP contribution in [-0.2, 0) is 37.5 Å². The van der Waals surface area contributed by atoms with Crippen molar-refractivity contribution in [3.05, 3.63) is 35.9 Å². The Morgan fingerprint density at radius 1 is 0.957 bits per heavy atom. The van der Waals surface area contributed by atoms with Gasteiger partial charge in [0.2, 0.25) is 0 Å². The van der Waals surface area contributed by atoms with Gasteiger partial charge in [0.1, 0.15) is 0 Å². The molecule has 23 heavy (non-hydrogen) atoms. The number of carbonyl (C=O) groups excluding carboxylic acids is 1. The van der Waals surface area contributed by atoms with Gasteiger partial charge in [-0.3, -0.25) is 4.79 Å². The van der Waals surface area contributed by atoms with Gasteiger partial charge in [0, 0.05) is 38.8 Å². The first-order chi connectivity index (χ1) is 8.64. The van der Waals surface area contributed by atoms with Gasteiger partial charge in [-0.2, -0.15) is 13.2 Å². The minimum atomic E-state index is -4.76. The SMILES string of the molecule is C.C.C.CC(C)NC(=O)C(F)(F)F.CC(C)c1ccccc1.[Y]. The molecule has 1 N–H and O–H groups in total. The molecule has 2 nitrogen and oxygen atoms in total. The second-order valence-electron chi connectivity index (χ2n) is 4.69. The molecule has 1 amide bonds. The van der Waals surface area contributed by atoms with Gasteiger partial charge in [0.15, 0.2) is 0 Å². The summed E-state index contributed by atoms with van der Waals surface area (Å²) >= 11 is 0. The van der Waals surface area contributed by atoms with Gasteiger partial charge in [-0.15, -0.1) is 0 Å². The van der Waals surface area contributed by atoms with Gasteiger partial charge in [0.05, 0.1) is 0 Å². The van der Waals surface area contributed by atoms with E-state index in [9.17, 15) is 18.0 Å². The van der Waals surface area contributed by atoms with Crippen LogP contribution in [0.3, 0.4) is 0 Å². The summed E-state index contributed by atoms with van der Waals surface area (Å²) in [5.74, 6) is -1.23. The number of hydrogen-bond acceptors (Lipinski definition) is 1. The molecular weight excluding hydrogens is 380 g/mol. The molecule has 1 rings (SSSR count). The number of benzene rings is 1. The van der Waals surface area contributed by atoms with Crippen molar-refractivity contribution in [2.75, 3.05) is 0 Å². The average molecular weight is 412 g/mol. The van der Waals surface area contributed by atoms with Crippen molar-refractivity contribution in [3.63, 3.8) is 0 Å². The standard InChI is InChI=1S/C9H12.C5H8F3NO.3CH4.Y/c1-8(2)9-6-4-3-5-7-9;1-3(2)9-4(10)5(6,7)8;;;;/h3-8H,1-2H3;3H,1-2H3,(H,9,10);3*1H4;. The first-order valence-electron chi connectivity index (χ1n) is 6.07. The average Bonchev–Trinajstić information content (AvgIpc) is 2.29. The first kappa shape index (κ1) is 34.0. The third-order valence-corrected chi connectivity index (χ3v) is 2.14. The van der Waals surface area contributed by atoms with E-state index in [-0.39, 0.29) is 55.0 Å². The Kier molecular flexibility index (Phi) is 24.3. The third-order valence-electron chi connectivity index (χ3n) is 2.14. The number of halogens is 3. The molecule has 0 atom stereocenters. The Labute approximate surface area is 165 Å². The van der Waals surface area contributed by atoms with Crippen molar-refractivity contribution in [2.24, 2.45) is 0 Å². The van der Waals surface area contributed by atoms with Crippen LogP contribution in [0.5, 0.6) is 0 Å². The van der Waals surface area contributed by atoms with Crippen LogP contribution in [0.1, 0.15) is 61.5 Å². The molecule has 0 saturated carbocycles. The number of nitrogens with one attached hydrogen (secondary N) is 1. The van der Waals surface area contributed by atoms with Gasteiger partial charge in [0.25, 0.3) is 0 Å². The first-order valence-corrected chi connectivity index (χ1v) is 6.07. The molecule has 0 unspecified atom stereocenters. The zero-order chi connectivity index (χ0) is 15.1. The van der Waals surface area contributed by atoms with Crippen LogP contribution in [0.2, 0.25) is 0 Å². The van der Waals surface area contributed by atoms with Crippen molar-refractivity contribution in [1.29, 1.82) is 0 Å². The Bertz CT molecular complexity index is 379. The predicted molar refractivity (Wildman–Crippen MR) is 90.1 cm³/mol. The molecule has 0 saturated heterocycles. The van der Waals surface area contributed by atoms with E-state index in [0.29, 0.717) is 5.92 Å². The molecule has 0 aliphatic heterocycles. The summed E-state index contributed by atoms with van der Waals surface area (Å²) in [6.07, 6.45) is -4.76. The number of alkyl halides is 3. The fourth-order valence-corrected chi connectivity index (χ4v) is 1.18. The Morgan fingerprint density at radius 2 is 1.35 bits per heavy atom. The largest absolute Gasteiger partial charge is 0.471 e. The van der Waals surface area contributed by atoms with Crippen LogP contribution >= 0.6 is 0 Å². The Balaban J connectivity index is -0.0000000801. The minimum Gasteiger partial charge on any atom is -0.346 e. The van der Waals surface area contributed by atoms with Crippen molar-refractivity contribution in [2.45, 2.75) is 68.1 Å². The van der Waals surface area contributed by atoms with Crippen molar-refractivity contribution in [1.82, 2.24) is 5.32 Å². The van der Waals surface area contributed by atoms with Gasteiger partial charge in [-0.1, -0.05) is 66.5 Å². The second-order valence-corrected chi connectivity index (χ2v) is 4.69. The van der Waals surface area contributed by atoms with E-state index in [4.69, 9.17) is 0 Å². The molecule has 1 radical (unpaired) electrons. The van der Waals surface area contributed by atoms with Gasteiger partial charge in [-0.25, -0.2) is 0 Å². The summed E-state index contributed by atoms with van der Waals surface area (Å²) < 4.78 is 34.2. The summed E-state index contributed by atoms with van der Waals surface area (Å²) in [7, 11) is 0. The van der Waals surface area contributed by atoms with Crippen LogP contribution < -0.4 is 5.32 Å². The molecule has 0 aliphatic carbocycles. The van der Waals surface area contributed by atoms with Crippen molar-refractivity contribution in [3.8, 4) is 0 Å². The predicted octanol–water partition coefficient (Wildman–Crippen LogP) is 5.79. The second kappa shape index (κ2) is 16.4. The quantitative estimate of drug-likeness (QED) is 0.655. The molecule has 1 aromatic carbocycles. The van der Waals surface area contributed by atoms with Gasteiger partial charge < -0.3 is 5.32 Å². The maximum Gasteiger partial charge on any atom is 0.471 e. The summed E-state index contributed by atoms with van der Waals surface area (Å²) in [6.45, 7) is 7.33. The monoisotopic (exact) mass is 412 g/mol. The molecule has 0 heterocycles. The van der Waals surface area contributed by atoms with Crippen LogP contribution in [-0.4, -0.2) is 18.1 Å². The maximum atomic E-state index is 11.4. The van der Waals surface area contributed by atoms with Crippen molar-refractivity contribution < 1.29 is 50.7 Å². The molecule has 6 heteroatoms. The van der Waals surface area contributed by atoms with E-state index < -0.39 is 18.1 Å². The van der Waals surface area contributed by atoms with Gasteiger partial charge >= 0.3 is 12.1 Å². The van der Waals surface area contributed by atoms with Crippen LogP contribution in [0, 0.1) is 0 Å². The Hall–Kier alpha value is -0.416. The van der Waals surface area contributed by atoms with Crippen LogP contribution in [0.4, 0.5) is 13.2 Å². The number of rotatable bonds is 2. The number of carbonyl (C=O) groups is 1. The molecule has 0 aromatic heterocycles. The summed E-state index contributed by atoms with van der Waals surface area (Å²) in [6, 6.07) is 10.0. The summed E-state index contributed by atoms with van der Waals surface area (Å²) in [5.41, 5.74) is 1.41. The van der Waals surface area contributed by atoms with Gasteiger partial charge in [-0.05, 0) is 25.3 Å². The van der Waals surface area contributed by atoms with E-state index in [1.165, 1.54) is 19.4 Å². The van der Waals surface area contributed by atoms with E-state index >= 15 is 0 Å². The molecule has 135 valence electrons. The molecule has 1 aromatic rings. The fraction of sp³-hybridized carbons (Fsp3) is 0.588. The third kappa shape index (κ3) is 17.8. The molecule has 0 fully saturated rings. The van der Waals surface area contributed by atoms with Crippen LogP contribution in [0.15, 0.2) is 30.3 Å². The molecule has 0 spiro atoms. The summed E-state index contributed by atoms with van der Waals surface area (Å²) in [5, 5.41) is 1.72. The van der Waals surface area contributed by atoms with E-state index in [0.717, 1.165) is 0 Å². The number of amides is 1. The van der Waals surface area contributed by atoms with E-state index in [2.05, 4.69) is 38.1 Å². The topological polar surface area (TPSA) is 29.1 Å². The number of hydrogen-bond donors (Lipinski definition) is 1. The minimum absolute atomic E-state index is 0. The van der Waals surface area contributed by atoms with E-state index in [1.54, 1.807) is 5.32 Å². The molecule has 0 bridgehead atoms. The molecule has 0 aliphatic rings. The van der Waals surface area contributed by atoms with Crippen LogP contribution in [0.25, 0.3) is 0 Å². The smallest absolute Gasteiger partial charge is 0.346 e.